The Morgan fingerprint density at radius 1 is 1.05 bits per heavy atom. The molecule has 0 fully saturated rings. The lowest BCUT2D eigenvalue weighted by Gasteiger charge is -2.21. The van der Waals surface area contributed by atoms with Crippen LogP contribution in [0, 0.1) is 11.3 Å². The molecule has 2 N–H and O–H groups in total. The lowest BCUT2D eigenvalue weighted by Crippen LogP contribution is -2.34. The second kappa shape index (κ2) is 12.1. The lowest BCUT2D eigenvalue weighted by molar-refractivity contribution is 0.0525. The quantitative estimate of drug-likeness (QED) is 0.381. The number of aromatic nitrogens is 2. The van der Waals surface area contributed by atoms with E-state index in [9.17, 15) is 10.1 Å². The Balaban J connectivity index is 1.80. The van der Waals surface area contributed by atoms with Gasteiger partial charge >= 0.3 is 6.09 Å². The molecule has 0 saturated heterocycles. The summed E-state index contributed by atoms with van der Waals surface area (Å²) in [4.78, 5) is 20.9. The topological polar surface area (TPSA) is 128 Å². The van der Waals surface area contributed by atoms with Crippen LogP contribution >= 0.6 is 0 Å². The zero-order valence-corrected chi connectivity index (χ0v) is 22.7. The number of carbonyl (C=O) groups is 1. The van der Waals surface area contributed by atoms with Gasteiger partial charge in [-0.2, -0.15) is 5.26 Å². The van der Waals surface area contributed by atoms with E-state index in [4.69, 9.17) is 18.9 Å². The van der Waals surface area contributed by atoms with E-state index in [2.05, 4.69) is 26.7 Å². The van der Waals surface area contributed by atoms with E-state index in [1.165, 1.54) is 27.5 Å². The van der Waals surface area contributed by atoms with Crippen LogP contribution in [-0.2, 0) is 4.74 Å². The molecular weight excluding hydrogens is 486 g/mol. The van der Waals surface area contributed by atoms with E-state index >= 15 is 0 Å². The van der Waals surface area contributed by atoms with Crippen LogP contribution in [0.1, 0.15) is 44.7 Å². The highest BCUT2D eigenvalue weighted by Crippen LogP contribution is 2.40. The summed E-state index contributed by atoms with van der Waals surface area (Å²) in [5.74, 6) is 1.78. The summed E-state index contributed by atoms with van der Waals surface area (Å²) in [6, 6.07) is 13.3. The van der Waals surface area contributed by atoms with E-state index in [0.717, 1.165) is 11.1 Å². The average molecular weight is 520 g/mol. The molecule has 3 aromatic rings. The summed E-state index contributed by atoms with van der Waals surface area (Å²) >= 11 is 0. The minimum atomic E-state index is -0.551. The second-order valence-electron chi connectivity index (χ2n) is 9.51. The molecule has 38 heavy (non-hydrogen) atoms. The van der Waals surface area contributed by atoms with Crippen molar-refractivity contribution in [2.24, 2.45) is 0 Å². The number of rotatable bonds is 9. The maximum atomic E-state index is 12.0. The number of hydrogen-bond acceptors (Lipinski definition) is 9. The predicted molar refractivity (Wildman–Crippen MR) is 144 cm³/mol. The molecule has 0 bridgehead atoms. The fourth-order valence-electron chi connectivity index (χ4n) is 3.66. The van der Waals surface area contributed by atoms with Crippen LogP contribution in [0.25, 0.3) is 11.3 Å². The third-order valence-electron chi connectivity index (χ3n) is 5.53. The average Bonchev–Trinajstić information content (AvgIpc) is 2.90. The van der Waals surface area contributed by atoms with Gasteiger partial charge in [0.2, 0.25) is 11.7 Å². The summed E-state index contributed by atoms with van der Waals surface area (Å²) in [7, 11) is 4.61. The van der Waals surface area contributed by atoms with Gasteiger partial charge in [-0.25, -0.2) is 14.8 Å². The Morgan fingerprint density at radius 3 is 2.21 bits per heavy atom. The smallest absolute Gasteiger partial charge is 0.407 e. The summed E-state index contributed by atoms with van der Waals surface area (Å²) in [6.45, 7) is 7.90. The first-order valence-corrected chi connectivity index (χ1v) is 12.0. The van der Waals surface area contributed by atoms with Crippen molar-refractivity contribution in [3.8, 4) is 34.6 Å². The molecule has 0 saturated carbocycles. The first-order valence-electron chi connectivity index (χ1n) is 12.0. The highest BCUT2D eigenvalue weighted by Gasteiger charge is 2.18. The van der Waals surface area contributed by atoms with Crippen LogP contribution < -0.4 is 24.8 Å². The third kappa shape index (κ3) is 7.03. The fraction of sp³-hybridized carbons (Fsp3) is 0.357. The van der Waals surface area contributed by atoms with E-state index in [-0.39, 0.29) is 5.92 Å². The van der Waals surface area contributed by atoms with Gasteiger partial charge in [-0.1, -0.05) is 31.2 Å². The highest BCUT2D eigenvalue weighted by molar-refractivity contribution is 5.70. The molecule has 0 spiro atoms. The molecule has 10 heteroatoms. The van der Waals surface area contributed by atoms with Crippen LogP contribution in [0.15, 0.2) is 42.6 Å². The van der Waals surface area contributed by atoms with E-state index in [1.54, 1.807) is 12.1 Å². The van der Waals surface area contributed by atoms with Crippen LogP contribution in [0.3, 0.4) is 0 Å². The van der Waals surface area contributed by atoms with Gasteiger partial charge < -0.3 is 29.6 Å². The number of hydrogen-bond donors (Lipinski definition) is 2. The number of carbonyl (C=O) groups excluding carboxylic acids is 1. The Morgan fingerprint density at radius 2 is 1.68 bits per heavy atom. The number of alkyl carbamates (subject to hydrolysis) is 1. The van der Waals surface area contributed by atoms with Crippen molar-refractivity contribution < 1.29 is 23.7 Å². The van der Waals surface area contributed by atoms with Gasteiger partial charge in [0, 0.05) is 29.9 Å². The molecule has 1 heterocycles. The first-order chi connectivity index (χ1) is 18.1. The lowest BCUT2D eigenvalue weighted by atomic mass is 9.98. The standard InChI is InChI=1S/C28H33N5O5/c1-17(15-31-27(34)38-28(2,3)4)18-8-10-19(11-9-18)24-20(14-29)16-30-26(33-24)32-21-12-22(35-5)25(37-7)23(13-21)36-6/h8-13,16-17H,15H2,1-7H3,(H,31,34)(H,30,32,33). The van der Waals surface area contributed by atoms with Crippen molar-refractivity contribution in [3.05, 3.63) is 53.7 Å². The maximum absolute atomic E-state index is 12.0. The van der Waals surface area contributed by atoms with Crippen LogP contribution in [0.4, 0.5) is 16.4 Å². The third-order valence-corrected chi connectivity index (χ3v) is 5.53. The number of nitrogens with zero attached hydrogens (tertiary/aromatic N) is 3. The van der Waals surface area contributed by atoms with Crippen LogP contribution in [-0.4, -0.2) is 49.5 Å². The Hall–Kier alpha value is -4.52. The molecule has 3 rings (SSSR count). The summed E-state index contributed by atoms with van der Waals surface area (Å²) in [5, 5.41) is 15.6. The van der Waals surface area contributed by atoms with Gasteiger partial charge in [0.1, 0.15) is 11.7 Å². The predicted octanol–water partition coefficient (Wildman–Crippen LogP) is 5.41. The van der Waals surface area contributed by atoms with Crippen molar-refractivity contribution in [3.63, 3.8) is 0 Å². The minimum absolute atomic E-state index is 0.0506. The number of ether oxygens (including phenoxy) is 4. The van der Waals surface area contributed by atoms with Crippen LogP contribution in [0.5, 0.6) is 17.2 Å². The van der Waals surface area contributed by atoms with Crippen molar-refractivity contribution >= 4 is 17.7 Å². The van der Waals surface area contributed by atoms with E-state index in [0.29, 0.717) is 46.7 Å². The molecule has 0 aliphatic rings. The second-order valence-corrected chi connectivity index (χ2v) is 9.51. The monoisotopic (exact) mass is 519 g/mol. The van der Waals surface area contributed by atoms with E-state index in [1.807, 2.05) is 52.0 Å². The number of benzene rings is 2. The normalized spacial score (nSPS) is 11.6. The zero-order valence-electron chi connectivity index (χ0n) is 22.7. The summed E-state index contributed by atoms with van der Waals surface area (Å²) in [6.07, 6.45) is 1.02. The molecule has 1 amide bonds. The molecule has 200 valence electrons. The SMILES string of the molecule is COc1cc(Nc2ncc(C#N)c(-c3ccc(C(C)CNC(=O)OC(C)(C)C)cc3)n2)cc(OC)c1OC. The molecule has 2 aromatic carbocycles. The number of anilines is 2. The van der Waals surface area contributed by atoms with Gasteiger partial charge in [0.05, 0.1) is 38.8 Å². The Kier molecular flexibility index (Phi) is 8.97. The van der Waals surface area contributed by atoms with E-state index < -0.39 is 11.7 Å². The van der Waals surface area contributed by atoms with Gasteiger partial charge in [-0.15, -0.1) is 0 Å². The highest BCUT2D eigenvalue weighted by atomic mass is 16.6. The minimum Gasteiger partial charge on any atom is -0.493 e. The summed E-state index contributed by atoms with van der Waals surface area (Å²) in [5.41, 5.74) is 2.68. The zero-order chi connectivity index (χ0) is 27.9. The molecule has 1 aromatic heterocycles. The van der Waals surface area contributed by atoms with Gasteiger partial charge in [-0.3, -0.25) is 0 Å². The van der Waals surface area contributed by atoms with Crippen molar-refractivity contribution in [2.45, 2.75) is 39.2 Å². The fourth-order valence-corrected chi connectivity index (χ4v) is 3.66. The number of amides is 1. The van der Waals surface area contributed by atoms with Crippen LogP contribution in [0.2, 0.25) is 0 Å². The molecule has 1 atom stereocenters. The molecule has 0 aliphatic heterocycles. The van der Waals surface area contributed by atoms with Crippen molar-refractivity contribution in [1.29, 1.82) is 5.26 Å². The Labute approximate surface area is 222 Å². The number of nitrogens with one attached hydrogen (secondary N) is 2. The Bertz CT molecular complexity index is 1290. The summed E-state index contributed by atoms with van der Waals surface area (Å²) < 4.78 is 21.5. The molecule has 10 nitrogen and oxygen atoms in total. The van der Waals surface area contributed by atoms with Gasteiger partial charge in [0.15, 0.2) is 11.5 Å². The first kappa shape index (κ1) is 28.1. The molecular formula is C28H33N5O5. The largest absolute Gasteiger partial charge is 0.493 e. The van der Waals surface area contributed by atoms with Crippen molar-refractivity contribution in [2.75, 3.05) is 33.2 Å². The number of methoxy groups -OCH3 is 3. The number of nitriles is 1. The molecule has 1 unspecified atom stereocenters. The van der Waals surface area contributed by atoms with Gasteiger partial charge in [-0.05, 0) is 32.3 Å². The van der Waals surface area contributed by atoms with Gasteiger partial charge in [0.25, 0.3) is 0 Å². The maximum Gasteiger partial charge on any atom is 0.407 e. The van der Waals surface area contributed by atoms with Crippen molar-refractivity contribution in [1.82, 2.24) is 15.3 Å². The molecule has 0 aliphatic carbocycles. The molecule has 0 radical (unpaired) electrons.